The number of aliphatic hydroxyl groups is 1. The highest BCUT2D eigenvalue weighted by atomic mass is 19.1. The quantitative estimate of drug-likeness (QED) is 0.171. The van der Waals surface area contributed by atoms with Gasteiger partial charge in [0.2, 0.25) is 5.90 Å². The molecule has 1 aliphatic rings. The molecule has 0 radical (unpaired) electrons. The maximum absolute atomic E-state index is 13.5. The van der Waals surface area contributed by atoms with Crippen LogP contribution in [0.5, 0.6) is 5.75 Å². The number of ether oxygens (including phenoxy) is 2. The summed E-state index contributed by atoms with van der Waals surface area (Å²) < 4.78 is 24.8. The van der Waals surface area contributed by atoms with Gasteiger partial charge in [0.05, 0.1) is 6.61 Å². The number of aliphatic hydroxyl groups excluding tert-OH is 1. The highest BCUT2D eigenvalue weighted by molar-refractivity contribution is 6.00. The van der Waals surface area contributed by atoms with E-state index < -0.39 is 5.54 Å². The number of nitrogens with one attached hydrogen (secondary N) is 1. The summed E-state index contributed by atoms with van der Waals surface area (Å²) in [5.41, 5.74) is 10.1. The Morgan fingerprint density at radius 2 is 1.92 bits per heavy atom. The number of halogens is 1. The molecular formula is C27H26FN5O4. The first-order chi connectivity index (χ1) is 18.0. The fraction of sp³-hybridized carbons (Fsp3) is 0.259. The van der Waals surface area contributed by atoms with E-state index in [0.717, 1.165) is 5.56 Å². The van der Waals surface area contributed by atoms with E-state index >= 15 is 0 Å². The number of amides is 1. The fourth-order valence-electron chi connectivity index (χ4n) is 3.90. The number of nitrogens with zero attached hydrogens (tertiary/aromatic N) is 4. The molecular weight excluding hydrogens is 477 g/mol. The van der Waals surface area contributed by atoms with E-state index in [1.807, 2.05) is 0 Å². The van der Waals surface area contributed by atoms with E-state index in [2.05, 4.69) is 15.3 Å². The first kappa shape index (κ1) is 25.7. The molecule has 1 atom stereocenters. The molecule has 0 bridgehead atoms. The van der Waals surface area contributed by atoms with Gasteiger partial charge in [-0.2, -0.15) is 0 Å². The van der Waals surface area contributed by atoms with Crippen LogP contribution in [0.25, 0.3) is 10.4 Å². The van der Waals surface area contributed by atoms with Gasteiger partial charge in [-0.05, 0) is 53.1 Å². The second kappa shape index (κ2) is 12.0. The summed E-state index contributed by atoms with van der Waals surface area (Å²) in [6, 6.07) is 20.0. The van der Waals surface area contributed by atoms with Crippen LogP contribution in [0.1, 0.15) is 23.1 Å². The molecule has 0 saturated carbocycles. The molecule has 0 aliphatic carbocycles. The van der Waals surface area contributed by atoms with Gasteiger partial charge in [-0.25, -0.2) is 9.38 Å². The Bertz CT molecular complexity index is 1310. The summed E-state index contributed by atoms with van der Waals surface area (Å²) in [5.74, 6) is 0.221. The zero-order valence-corrected chi connectivity index (χ0v) is 20.0. The summed E-state index contributed by atoms with van der Waals surface area (Å²) in [5, 5.41) is 15.6. The van der Waals surface area contributed by atoms with Crippen LogP contribution < -0.4 is 10.1 Å². The number of hydrogen-bond donors (Lipinski definition) is 2. The van der Waals surface area contributed by atoms with Crippen molar-refractivity contribution in [1.82, 2.24) is 5.32 Å². The molecule has 3 aromatic carbocycles. The van der Waals surface area contributed by atoms with Crippen molar-refractivity contribution in [3.63, 3.8) is 0 Å². The van der Waals surface area contributed by atoms with Gasteiger partial charge < -0.3 is 19.9 Å². The fourth-order valence-corrected chi connectivity index (χ4v) is 3.90. The van der Waals surface area contributed by atoms with Crippen LogP contribution in [0.3, 0.4) is 0 Å². The van der Waals surface area contributed by atoms with E-state index in [0.29, 0.717) is 41.5 Å². The Morgan fingerprint density at radius 3 is 2.65 bits per heavy atom. The lowest BCUT2D eigenvalue weighted by molar-refractivity contribution is -0.126. The lowest BCUT2D eigenvalue weighted by Gasteiger charge is -2.24. The molecule has 3 aromatic rings. The maximum Gasteiger partial charge on any atom is 0.252 e. The average Bonchev–Trinajstić information content (AvgIpc) is 3.35. The normalized spacial score (nSPS) is 16.3. The molecule has 0 saturated heterocycles. The summed E-state index contributed by atoms with van der Waals surface area (Å²) in [6.45, 7) is 0.618. The van der Waals surface area contributed by atoms with Crippen LogP contribution in [0.4, 0.5) is 10.1 Å². The van der Waals surface area contributed by atoms with Crippen molar-refractivity contribution in [3.05, 3.63) is 106 Å². The number of rotatable bonds is 11. The van der Waals surface area contributed by atoms with Crippen LogP contribution in [0.15, 0.2) is 82.9 Å². The zero-order chi connectivity index (χ0) is 26.1. The molecule has 0 unspecified atom stereocenters. The van der Waals surface area contributed by atoms with Gasteiger partial charge in [0.15, 0.2) is 5.54 Å². The van der Waals surface area contributed by atoms with Gasteiger partial charge in [0.25, 0.3) is 5.91 Å². The Hall–Kier alpha value is -4.40. The predicted molar refractivity (Wildman–Crippen MR) is 136 cm³/mol. The van der Waals surface area contributed by atoms with Crippen LogP contribution in [0.2, 0.25) is 0 Å². The van der Waals surface area contributed by atoms with Crippen LogP contribution in [-0.4, -0.2) is 42.3 Å². The van der Waals surface area contributed by atoms with E-state index in [1.165, 1.54) is 12.1 Å². The van der Waals surface area contributed by atoms with Crippen LogP contribution in [0, 0.1) is 5.82 Å². The average molecular weight is 504 g/mol. The van der Waals surface area contributed by atoms with E-state index in [1.54, 1.807) is 60.7 Å². The molecule has 1 amide bonds. The lowest BCUT2D eigenvalue weighted by atomic mass is 9.90. The molecule has 1 heterocycles. The molecule has 37 heavy (non-hydrogen) atoms. The molecule has 190 valence electrons. The highest BCUT2D eigenvalue weighted by Gasteiger charge is 2.44. The number of carbonyl (C=O) groups excluding carboxylic acids is 1. The van der Waals surface area contributed by atoms with Crippen molar-refractivity contribution in [1.29, 1.82) is 0 Å². The third-order valence-electron chi connectivity index (χ3n) is 5.85. The zero-order valence-electron chi connectivity index (χ0n) is 20.0. The predicted octanol–water partition coefficient (Wildman–Crippen LogP) is 4.60. The monoisotopic (exact) mass is 503 g/mol. The number of aliphatic imine (C=N–C) groups is 1. The number of hydrogen-bond acceptors (Lipinski definition) is 6. The van der Waals surface area contributed by atoms with E-state index in [9.17, 15) is 9.18 Å². The number of azide groups is 1. The van der Waals surface area contributed by atoms with Crippen molar-refractivity contribution < 1.29 is 23.8 Å². The number of carbonyl (C=O) groups is 1. The SMILES string of the molecule is [N-]=[N+]=Nc1ccccc1C[C@]1(C(=O)NCc2ccc(F)cc2)COC(c2ccc(OCCCO)cc2)=N1. The topological polar surface area (TPSA) is 129 Å². The minimum atomic E-state index is -1.31. The molecule has 0 aromatic heterocycles. The van der Waals surface area contributed by atoms with Crippen molar-refractivity contribution in [2.24, 2.45) is 10.1 Å². The molecule has 1 aliphatic heterocycles. The Kier molecular flexibility index (Phi) is 8.35. The summed E-state index contributed by atoms with van der Waals surface area (Å²) in [7, 11) is 0. The Labute approximate surface area is 213 Å². The van der Waals surface area contributed by atoms with Crippen molar-refractivity contribution in [2.75, 3.05) is 19.8 Å². The van der Waals surface area contributed by atoms with E-state index in [-0.39, 0.29) is 37.9 Å². The smallest absolute Gasteiger partial charge is 0.252 e. The van der Waals surface area contributed by atoms with Gasteiger partial charge in [-0.15, -0.1) is 0 Å². The summed E-state index contributed by atoms with van der Waals surface area (Å²) in [6.07, 6.45) is 0.674. The maximum atomic E-state index is 13.5. The molecule has 10 heteroatoms. The summed E-state index contributed by atoms with van der Waals surface area (Å²) >= 11 is 0. The largest absolute Gasteiger partial charge is 0.494 e. The third kappa shape index (κ3) is 6.43. The molecule has 2 N–H and O–H groups in total. The lowest BCUT2D eigenvalue weighted by Crippen LogP contribution is -2.48. The van der Waals surface area contributed by atoms with Crippen LogP contribution >= 0.6 is 0 Å². The van der Waals surface area contributed by atoms with Gasteiger partial charge >= 0.3 is 0 Å². The molecule has 0 fully saturated rings. The number of benzene rings is 3. The van der Waals surface area contributed by atoms with Crippen molar-refractivity contribution >= 4 is 17.5 Å². The van der Waals surface area contributed by atoms with Gasteiger partial charge in [-0.3, -0.25) is 4.79 Å². The van der Waals surface area contributed by atoms with Gasteiger partial charge in [-0.1, -0.05) is 41.5 Å². The first-order valence-corrected chi connectivity index (χ1v) is 11.8. The molecule has 0 spiro atoms. The second-order valence-corrected chi connectivity index (χ2v) is 8.49. The second-order valence-electron chi connectivity index (χ2n) is 8.49. The van der Waals surface area contributed by atoms with Crippen LogP contribution in [-0.2, 0) is 22.5 Å². The first-order valence-electron chi connectivity index (χ1n) is 11.8. The third-order valence-corrected chi connectivity index (χ3v) is 5.85. The standard InChI is InChI=1S/C27H26FN5O4/c28-22-10-6-19(7-11-22)17-30-26(35)27(16-21-4-1-2-5-24(21)32-33-29)18-37-25(31-27)20-8-12-23(13-9-20)36-15-3-14-34/h1-2,4-13,34H,3,14-18H2,(H,30,35)/t27-/m1/s1. The Morgan fingerprint density at radius 1 is 1.16 bits per heavy atom. The Balaban J connectivity index is 1.60. The van der Waals surface area contributed by atoms with Crippen molar-refractivity contribution in [3.8, 4) is 5.75 Å². The minimum Gasteiger partial charge on any atom is -0.494 e. The van der Waals surface area contributed by atoms with E-state index in [4.69, 9.17) is 25.1 Å². The van der Waals surface area contributed by atoms with Crippen molar-refractivity contribution in [2.45, 2.75) is 24.9 Å². The minimum absolute atomic E-state index is 0.0169. The van der Waals surface area contributed by atoms with Gasteiger partial charge in [0, 0.05) is 42.2 Å². The highest BCUT2D eigenvalue weighted by Crippen LogP contribution is 2.31. The molecule has 4 rings (SSSR count). The summed E-state index contributed by atoms with van der Waals surface area (Å²) in [4.78, 5) is 21.2. The van der Waals surface area contributed by atoms with Gasteiger partial charge in [0.1, 0.15) is 18.2 Å². The molecule has 9 nitrogen and oxygen atoms in total.